The van der Waals surface area contributed by atoms with Gasteiger partial charge in [0.2, 0.25) is 5.89 Å². The third-order valence-electron chi connectivity index (χ3n) is 2.70. The molecular weight excluding hydrogens is 226 g/mol. The summed E-state index contributed by atoms with van der Waals surface area (Å²) in [6.45, 7) is 2.14. The Labute approximate surface area is 106 Å². The Balaban J connectivity index is 2.00. The van der Waals surface area contributed by atoms with E-state index in [0.717, 1.165) is 30.7 Å². The van der Waals surface area contributed by atoms with Crippen molar-refractivity contribution in [3.63, 3.8) is 0 Å². The second-order valence-electron chi connectivity index (χ2n) is 4.19. The lowest BCUT2D eigenvalue weighted by molar-refractivity contribution is 0.379. The Morgan fingerprint density at radius 2 is 2.06 bits per heavy atom. The molecule has 0 saturated heterocycles. The summed E-state index contributed by atoms with van der Waals surface area (Å²) in [4.78, 5) is 4.34. The molecule has 0 bridgehead atoms. The third kappa shape index (κ3) is 3.17. The fourth-order valence-corrected chi connectivity index (χ4v) is 1.67. The van der Waals surface area contributed by atoms with Gasteiger partial charge in [0.15, 0.2) is 5.82 Å². The molecule has 0 aliphatic heterocycles. The van der Waals surface area contributed by atoms with Crippen molar-refractivity contribution >= 4 is 0 Å². The predicted molar refractivity (Wildman–Crippen MR) is 66.9 cm³/mol. The smallest absolute Gasteiger partial charge is 0.231 e. The molecule has 0 amide bonds. The van der Waals surface area contributed by atoms with Crippen molar-refractivity contribution in [2.24, 2.45) is 0 Å². The summed E-state index contributed by atoms with van der Waals surface area (Å²) in [5.74, 6) is 1.41. The van der Waals surface area contributed by atoms with Crippen molar-refractivity contribution in [3.8, 4) is 6.07 Å². The molecule has 0 saturated carbocycles. The summed E-state index contributed by atoms with van der Waals surface area (Å²) in [6.07, 6.45) is 3.69. The molecule has 0 aliphatic carbocycles. The number of unbranched alkanes of at least 4 members (excludes halogenated alkanes) is 1. The van der Waals surface area contributed by atoms with E-state index < -0.39 is 0 Å². The van der Waals surface area contributed by atoms with Crippen LogP contribution in [0.15, 0.2) is 28.8 Å². The molecule has 1 aromatic carbocycles. The van der Waals surface area contributed by atoms with E-state index in [9.17, 15) is 0 Å². The summed E-state index contributed by atoms with van der Waals surface area (Å²) in [5.41, 5.74) is 1.73. The minimum absolute atomic E-state index is 0.616. The molecule has 0 radical (unpaired) electrons. The minimum Gasteiger partial charge on any atom is -0.339 e. The first kappa shape index (κ1) is 12.3. The second kappa shape index (κ2) is 5.97. The Bertz CT molecular complexity index is 537. The first-order valence-corrected chi connectivity index (χ1v) is 6.12. The van der Waals surface area contributed by atoms with Crippen LogP contribution in [0.3, 0.4) is 0 Å². The monoisotopic (exact) mass is 241 g/mol. The zero-order valence-electron chi connectivity index (χ0n) is 10.4. The van der Waals surface area contributed by atoms with Crippen LogP contribution >= 0.6 is 0 Å². The molecule has 0 unspecified atom stereocenters. The fourth-order valence-electron chi connectivity index (χ4n) is 1.67. The largest absolute Gasteiger partial charge is 0.339 e. The predicted octanol–water partition coefficient (Wildman–Crippen LogP) is 2.87. The van der Waals surface area contributed by atoms with Gasteiger partial charge in [0, 0.05) is 6.42 Å². The molecule has 1 heterocycles. The van der Waals surface area contributed by atoms with Crippen molar-refractivity contribution in [1.82, 2.24) is 10.1 Å². The molecule has 4 nitrogen and oxygen atoms in total. The highest BCUT2D eigenvalue weighted by Gasteiger charge is 2.06. The van der Waals surface area contributed by atoms with Gasteiger partial charge in [-0.3, -0.25) is 0 Å². The van der Waals surface area contributed by atoms with Crippen LogP contribution in [-0.2, 0) is 12.8 Å². The molecule has 4 heteroatoms. The first-order valence-electron chi connectivity index (χ1n) is 6.12. The molecule has 1 aromatic heterocycles. The highest BCUT2D eigenvalue weighted by Crippen LogP contribution is 2.10. The molecule has 0 spiro atoms. The number of nitriles is 1. The average Bonchev–Trinajstić information content (AvgIpc) is 2.85. The Morgan fingerprint density at radius 1 is 1.28 bits per heavy atom. The van der Waals surface area contributed by atoms with Crippen molar-refractivity contribution in [2.45, 2.75) is 32.6 Å². The van der Waals surface area contributed by atoms with Crippen LogP contribution in [0.5, 0.6) is 0 Å². The molecule has 18 heavy (non-hydrogen) atoms. The normalized spacial score (nSPS) is 10.2. The highest BCUT2D eigenvalue weighted by molar-refractivity contribution is 5.32. The van der Waals surface area contributed by atoms with Crippen LogP contribution in [0.4, 0.5) is 0 Å². The van der Waals surface area contributed by atoms with E-state index in [1.165, 1.54) is 0 Å². The molecule has 2 rings (SSSR count). The standard InChI is InChI=1S/C14H15N3O/c1-2-3-4-13-16-14(18-17-13)9-11-5-7-12(10-15)8-6-11/h5-8H,2-4,9H2,1H3. The lowest BCUT2D eigenvalue weighted by atomic mass is 10.1. The molecule has 0 fully saturated rings. The van der Waals surface area contributed by atoms with Gasteiger partial charge in [0.05, 0.1) is 18.1 Å². The van der Waals surface area contributed by atoms with Gasteiger partial charge in [0.1, 0.15) is 0 Å². The van der Waals surface area contributed by atoms with Crippen molar-refractivity contribution in [3.05, 3.63) is 47.1 Å². The van der Waals surface area contributed by atoms with Gasteiger partial charge in [0.25, 0.3) is 0 Å². The molecule has 92 valence electrons. The van der Waals surface area contributed by atoms with E-state index in [0.29, 0.717) is 17.9 Å². The van der Waals surface area contributed by atoms with Gasteiger partial charge >= 0.3 is 0 Å². The highest BCUT2D eigenvalue weighted by atomic mass is 16.5. The third-order valence-corrected chi connectivity index (χ3v) is 2.70. The lowest BCUT2D eigenvalue weighted by Gasteiger charge is -1.95. The Morgan fingerprint density at radius 3 is 2.72 bits per heavy atom. The van der Waals surface area contributed by atoms with E-state index in [1.807, 2.05) is 12.1 Å². The molecular formula is C14H15N3O. The molecule has 0 aliphatic rings. The van der Waals surface area contributed by atoms with Crippen LogP contribution in [0.1, 0.15) is 42.6 Å². The topological polar surface area (TPSA) is 62.7 Å². The number of hydrogen-bond acceptors (Lipinski definition) is 4. The molecule has 2 aromatic rings. The maximum atomic E-state index is 8.71. The number of rotatable bonds is 5. The number of benzene rings is 1. The van der Waals surface area contributed by atoms with Crippen LogP contribution in [0.25, 0.3) is 0 Å². The van der Waals surface area contributed by atoms with Crippen LogP contribution < -0.4 is 0 Å². The quantitative estimate of drug-likeness (QED) is 0.807. The molecule has 0 atom stereocenters. The first-order chi connectivity index (χ1) is 8.81. The average molecular weight is 241 g/mol. The molecule has 0 N–H and O–H groups in total. The summed E-state index contributed by atoms with van der Waals surface area (Å²) in [7, 11) is 0. The summed E-state index contributed by atoms with van der Waals surface area (Å²) in [5, 5.41) is 12.7. The van der Waals surface area contributed by atoms with E-state index in [1.54, 1.807) is 12.1 Å². The van der Waals surface area contributed by atoms with Gasteiger partial charge in [-0.2, -0.15) is 10.2 Å². The second-order valence-corrected chi connectivity index (χ2v) is 4.19. The lowest BCUT2D eigenvalue weighted by Crippen LogP contribution is -1.91. The zero-order chi connectivity index (χ0) is 12.8. The minimum atomic E-state index is 0.616. The van der Waals surface area contributed by atoms with E-state index in [4.69, 9.17) is 9.78 Å². The Hall–Kier alpha value is -2.15. The summed E-state index contributed by atoms with van der Waals surface area (Å²) in [6, 6.07) is 9.51. The fraction of sp³-hybridized carbons (Fsp3) is 0.357. The van der Waals surface area contributed by atoms with E-state index >= 15 is 0 Å². The van der Waals surface area contributed by atoms with Crippen LogP contribution in [0.2, 0.25) is 0 Å². The SMILES string of the molecule is CCCCc1noc(Cc2ccc(C#N)cc2)n1. The van der Waals surface area contributed by atoms with Gasteiger partial charge < -0.3 is 4.52 Å². The van der Waals surface area contributed by atoms with Gasteiger partial charge in [-0.25, -0.2) is 0 Å². The van der Waals surface area contributed by atoms with Gasteiger partial charge in [-0.05, 0) is 24.1 Å². The summed E-state index contributed by atoms with van der Waals surface area (Å²) < 4.78 is 5.20. The van der Waals surface area contributed by atoms with Crippen LogP contribution in [0, 0.1) is 11.3 Å². The van der Waals surface area contributed by atoms with E-state index in [2.05, 4.69) is 23.1 Å². The van der Waals surface area contributed by atoms with Crippen molar-refractivity contribution < 1.29 is 4.52 Å². The number of nitrogens with zero attached hydrogens (tertiary/aromatic N) is 3. The van der Waals surface area contributed by atoms with Crippen molar-refractivity contribution in [2.75, 3.05) is 0 Å². The zero-order valence-corrected chi connectivity index (χ0v) is 10.4. The number of aromatic nitrogens is 2. The number of aryl methyl sites for hydroxylation is 1. The Kier molecular flexibility index (Phi) is 4.08. The maximum Gasteiger partial charge on any atom is 0.231 e. The number of hydrogen-bond donors (Lipinski definition) is 0. The van der Waals surface area contributed by atoms with Gasteiger partial charge in [-0.1, -0.05) is 30.6 Å². The van der Waals surface area contributed by atoms with Crippen LogP contribution in [-0.4, -0.2) is 10.1 Å². The van der Waals surface area contributed by atoms with Gasteiger partial charge in [-0.15, -0.1) is 0 Å². The maximum absolute atomic E-state index is 8.71. The summed E-state index contributed by atoms with van der Waals surface area (Å²) >= 11 is 0. The van der Waals surface area contributed by atoms with E-state index in [-0.39, 0.29) is 0 Å². The van der Waals surface area contributed by atoms with Crippen molar-refractivity contribution in [1.29, 1.82) is 5.26 Å².